The van der Waals surface area contributed by atoms with Gasteiger partial charge in [-0.25, -0.2) is 4.21 Å². The SMILES string of the molecule is COc1cccc(C(CO)S(=O)O)c1. The molecule has 1 rings (SSSR count). The quantitative estimate of drug-likeness (QED) is 0.735. The van der Waals surface area contributed by atoms with Gasteiger partial charge in [0.1, 0.15) is 11.0 Å². The number of hydrogen-bond acceptors (Lipinski definition) is 3. The van der Waals surface area contributed by atoms with E-state index in [1.807, 2.05) is 0 Å². The van der Waals surface area contributed by atoms with E-state index in [1.165, 1.54) is 7.11 Å². The van der Waals surface area contributed by atoms with E-state index in [-0.39, 0.29) is 6.61 Å². The average molecular weight is 216 g/mol. The Kier molecular flexibility index (Phi) is 4.06. The highest BCUT2D eigenvalue weighted by Crippen LogP contribution is 2.22. The van der Waals surface area contributed by atoms with Crippen molar-refractivity contribution in [1.29, 1.82) is 0 Å². The van der Waals surface area contributed by atoms with Gasteiger partial charge in [-0.1, -0.05) is 12.1 Å². The fourth-order valence-corrected chi connectivity index (χ4v) is 1.63. The zero-order valence-electron chi connectivity index (χ0n) is 7.71. The van der Waals surface area contributed by atoms with Crippen molar-refractivity contribution in [2.45, 2.75) is 5.25 Å². The molecule has 0 fully saturated rings. The van der Waals surface area contributed by atoms with Crippen LogP contribution in [0.25, 0.3) is 0 Å². The molecule has 0 spiro atoms. The lowest BCUT2D eigenvalue weighted by Crippen LogP contribution is -2.10. The molecule has 0 aliphatic rings. The molecule has 0 heterocycles. The largest absolute Gasteiger partial charge is 0.497 e. The lowest BCUT2D eigenvalue weighted by molar-refractivity contribution is 0.290. The molecule has 0 saturated carbocycles. The van der Waals surface area contributed by atoms with Crippen molar-refractivity contribution in [3.8, 4) is 5.75 Å². The fourth-order valence-electron chi connectivity index (χ4n) is 1.13. The fraction of sp³-hybridized carbons (Fsp3) is 0.333. The predicted octanol–water partition coefficient (Wildman–Crippen LogP) is 0.950. The molecule has 4 nitrogen and oxygen atoms in total. The van der Waals surface area contributed by atoms with E-state index < -0.39 is 16.3 Å². The molecular formula is C9H12O4S. The third kappa shape index (κ3) is 2.54. The highest BCUT2D eigenvalue weighted by Gasteiger charge is 2.16. The van der Waals surface area contributed by atoms with Crippen molar-refractivity contribution < 1.29 is 18.6 Å². The Labute approximate surface area is 84.8 Å². The smallest absolute Gasteiger partial charge is 0.162 e. The van der Waals surface area contributed by atoms with Crippen molar-refractivity contribution in [3.05, 3.63) is 29.8 Å². The monoisotopic (exact) mass is 216 g/mol. The third-order valence-corrected chi connectivity index (χ3v) is 2.78. The van der Waals surface area contributed by atoms with E-state index in [0.29, 0.717) is 11.3 Å². The maximum atomic E-state index is 10.8. The maximum absolute atomic E-state index is 10.8. The van der Waals surface area contributed by atoms with Crippen LogP contribution in [0.4, 0.5) is 0 Å². The second kappa shape index (κ2) is 5.09. The normalized spacial score (nSPS) is 14.8. The topological polar surface area (TPSA) is 66.8 Å². The second-order valence-electron chi connectivity index (χ2n) is 2.72. The summed E-state index contributed by atoms with van der Waals surface area (Å²) < 4.78 is 24.7. The molecule has 1 aromatic rings. The molecular weight excluding hydrogens is 204 g/mol. The predicted molar refractivity (Wildman–Crippen MR) is 53.6 cm³/mol. The molecule has 1 aromatic carbocycles. The van der Waals surface area contributed by atoms with E-state index in [4.69, 9.17) is 14.4 Å². The first-order valence-electron chi connectivity index (χ1n) is 4.03. The van der Waals surface area contributed by atoms with Gasteiger partial charge in [-0.2, -0.15) is 0 Å². The van der Waals surface area contributed by atoms with Crippen LogP contribution in [-0.4, -0.2) is 27.6 Å². The molecule has 2 atom stereocenters. The molecule has 0 amide bonds. The van der Waals surface area contributed by atoms with Gasteiger partial charge >= 0.3 is 0 Å². The van der Waals surface area contributed by atoms with Crippen LogP contribution < -0.4 is 4.74 Å². The average Bonchev–Trinajstić information content (AvgIpc) is 2.19. The summed E-state index contributed by atoms with van der Waals surface area (Å²) in [5.74, 6) is 0.603. The summed E-state index contributed by atoms with van der Waals surface area (Å²) in [7, 11) is 1.52. The molecule has 0 aliphatic heterocycles. The van der Waals surface area contributed by atoms with Crippen LogP contribution in [0.15, 0.2) is 24.3 Å². The van der Waals surface area contributed by atoms with Gasteiger partial charge in [0.05, 0.1) is 13.7 Å². The molecule has 0 aromatic heterocycles. The van der Waals surface area contributed by atoms with Crippen LogP contribution >= 0.6 is 0 Å². The molecule has 14 heavy (non-hydrogen) atoms. The first-order valence-corrected chi connectivity index (χ1v) is 5.20. The Bertz CT molecular complexity index is 326. The summed E-state index contributed by atoms with van der Waals surface area (Å²) in [6.45, 7) is -0.365. The standard InChI is InChI=1S/C9H12O4S/c1-13-8-4-2-3-7(5-8)9(6-10)14(11)12/h2-5,9-10H,6H2,1H3,(H,11,12). The first kappa shape index (κ1) is 11.2. The highest BCUT2D eigenvalue weighted by atomic mass is 32.2. The van der Waals surface area contributed by atoms with Crippen molar-refractivity contribution in [2.75, 3.05) is 13.7 Å². The van der Waals surface area contributed by atoms with Crippen molar-refractivity contribution in [3.63, 3.8) is 0 Å². The van der Waals surface area contributed by atoms with Gasteiger partial charge < -0.3 is 14.4 Å². The molecule has 0 aliphatic carbocycles. The summed E-state index contributed by atoms with van der Waals surface area (Å²) in [5, 5.41) is 8.15. The highest BCUT2D eigenvalue weighted by molar-refractivity contribution is 7.79. The van der Waals surface area contributed by atoms with Crippen LogP contribution in [0.3, 0.4) is 0 Å². The van der Waals surface area contributed by atoms with Crippen LogP contribution in [-0.2, 0) is 11.1 Å². The summed E-state index contributed by atoms with van der Waals surface area (Å²) in [5.41, 5.74) is 0.590. The summed E-state index contributed by atoms with van der Waals surface area (Å²) in [6, 6.07) is 6.76. The zero-order valence-corrected chi connectivity index (χ0v) is 8.53. The van der Waals surface area contributed by atoms with Crippen molar-refractivity contribution >= 4 is 11.1 Å². The Balaban J connectivity index is 2.98. The van der Waals surface area contributed by atoms with Crippen molar-refractivity contribution in [2.24, 2.45) is 0 Å². The molecule has 0 bridgehead atoms. The van der Waals surface area contributed by atoms with E-state index >= 15 is 0 Å². The number of rotatable bonds is 4. The van der Waals surface area contributed by atoms with Crippen LogP contribution in [0.5, 0.6) is 5.75 Å². The minimum atomic E-state index is -2.07. The first-order chi connectivity index (χ1) is 6.69. The van der Waals surface area contributed by atoms with E-state index in [0.717, 1.165) is 0 Å². The molecule has 2 unspecified atom stereocenters. The van der Waals surface area contributed by atoms with E-state index in [1.54, 1.807) is 24.3 Å². The van der Waals surface area contributed by atoms with Gasteiger partial charge in [0.2, 0.25) is 0 Å². The third-order valence-electron chi connectivity index (χ3n) is 1.87. The molecule has 0 saturated heterocycles. The van der Waals surface area contributed by atoms with Gasteiger partial charge in [-0.15, -0.1) is 0 Å². The summed E-state index contributed by atoms with van der Waals surface area (Å²) in [6.07, 6.45) is 0. The molecule has 78 valence electrons. The minimum Gasteiger partial charge on any atom is -0.497 e. The van der Waals surface area contributed by atoms with Gasteiger partial charge in [-0.05, 0) is 17.7 Å². The molecule has 2 N–H and O–H groups in total. The number of aliphatic hydroxyl groups excluding tert-OH is 1. The second-order valence-corrected chi connectivity index (χ2v) is 3.85. The number of benzene rings is 1. The number of hydrogen-bond donors (Lipinski definition) is 2. The zero-order chi connectivity index (χ0) is 10.6. The van der Waals surface area contributed by atoms with Gasteiger partial charge in [0, 0.05) is 0 Å². The van der Waals surface area contributed by atoms with E-state index in [9.17, 15) is 4.21 Å². The van der Waals surface area contributed by atoms with Crippen LogP contribution in [0, 0.1) is 0 Å². The summed E-state index contributed by atoms with van der Waals surface area (Å²) >= 11 is -2.07. The Hall–Kier alpha value is -0.910. The van der Waals surface area contributed by atoms with Crippen LogP contribution in [0.2, 0.25) is 0 Å². The number of aliphatic hydroxyl groups is 1. The minimum absolute atomic E-state index is 0.365. The summed E-state index contributed by atoms with van der Waals surface area (Å²) in [4.78, 5) is 0. The lowest BCUT2D eigenvalue weighted by Gasteiger charge is -2.10. The van der Waals surface area contributed by atoms with Crippen molar-refractivity contribution in [1.82, 2.24) is 0 Å². The molecule has 0 radical (unpaired) electrons. The maximum Gasteiger partial charge on any atom is 0.162 e. The Morgan fingerprint density at radius 2 is 2.29 bits per heavy atom. The van der Waals surface area contributed by atoms with Crippen LogP contribution in [0.1, 0.15) is 10.8 Å². The van der Waals surface area contributed by atoms with Gasteiger partial charge in [0.25, 0.3) is 0 Å². The Morgan fingerprint density at radius 1 is 1.57 bits per heavy atom. The van der Waals surface area contributed by atoms with Gasteiger partial charge in [-0.3, -0.25) is 0 Å². The lowest BCUT2D eigenvalue weighted by atomic mass is 10.1. The van der Waals surface area contributed by atoms with E-state index in [2.05, 4.69) is 0 Å². The molecule has 5 heteroatoms. The number of methoxy groups -OCH3 is 1. The Morgan fingerprint density at radius 3 is 2.79 bits per heavy atom. The number of ether oxygens (including phenoxy) is 1. The van der Waals surface area contributed by atoms with Gasteiger partial charge in [0.15, 0.2) is 11.1 Å².